The third-order valence-corrected chi connectivity index (χ3v) is 4.78. The standard InChI is InChI=1S/C15H27N3O2.ClH/c1-4-11(18-8-5-6-13(18)19)14(20)17-9-7-12(16)15(2,3)10-17;/h11-12H,4-10,16H2,1-3H3;1H. The van der Waals surface area contributed by atoms with Gasteiger partial charge in [0.05, 0.1) is 0 Å². The molecule has 2 heterocycles. The molecule has 0 aromatic rings. The van der Waals surface area contributed by atoms with E-state index in [1.54, 1.807) is 4.90 Å². The molecule has 0 radical (unpaired) electrons. The van der Waals surface area contributed by atoms with Crippen LogP contribution in [-0.4, -0.2) is 53.3 Å². The molecular weight excluding hydrogens is 290 g/mol. The maximum Gasteiger partial charge on any atom is 0.245 e. The number of hydrogen-bond acceptors (Lipinski definition) is 3. The van der Waals surface area contributed by atoms with Crippen LogP contribution in [0.5, 0.6) is 0 Å². The molecule has 6 heteroatoms. The van der Waals surface area contributed by atoms with Gasteiger partial charge >= 0.3 is 0 Å². The highest BCUT2D eigenvalue weighted by Gasteiger charge is 2.39. The Morgan fingerprint density at radius 2 is 2.10 bits per heavy atom. The number of likely N-dealkylation sites (tertiary alicyclic amines) is 2. The van der Waals surface area contributed by atoms with Crippen LogP contribution in [0, 0.1) is 5.41 Å². The first-order valence-corrected chi connectivity index (χ1v) is 7.70. The molecule has 0 spiro atoms. The SMILES string of the molecule is CCC(C(=O)N1CCC(N)C(C)(C)C1)N1CCCC1=O.Cl. The smallest absolute Gasteiger partial charge is 0.245 e. The number of rotatable bonds is 3. The summed E-state index contributed by atoms with van der Waals surface area (Å²) < 4.78 is 0. The summed E-state index contributed by atoms with van der Waals surface area (Å²) in [6, 6.07) is -0.143. The van der Waals surface area contributed by atoms with Crippen LogP contribution in [0.1, 0.15) is 46.5 Å². The molecule has 122 valence electrons. The Morgan fingerprint density at radius 1 is 1.43 bits per heavy atom. The van der Waals surface area contributed by atoms with Gasteiger partial charge in [-0.25, -0.2) is 0 Å². The summed E-state index contributed by atoms with van der Waals surface area (Å²) in [6.07, 6.45) is 2.98. The number of piperidine rings is 1. The van der Waals surface area contributed by atoms with Crippen molar-refractivity contribution >= 4 is 24.2 Å². The fourth-order valence-electron chi connectivity index (χ4n) is 3.30. The fraction of sp³-hybridized carbons (Fsp3) is 0.867. The first kappa shape index (κ1) is 18.2. The molecule has 0 aliphatic carbocycles. The molecule has 5 nitrogen and oxygen atoms in total. The van der Waals surface area contributed by atoms with Crippen molar-refractivity contribution < 1.29 is 9.59 Å². The Labute approximate surface area is 133 Å². The number of halogens is 1. The Hall–Kier alpha value is -0.810. The van der Waals surface area contributed by atoms with E-state index in [9.17, 15) is 9.59 Å². The average Bonchev–Trinajstić information content (AvgIpc) is 2.80. The molecule has 0 saturated carbocycles. The normalized spacial score (nSPS) is 26.5. The van der Waals surface area contributed by atoms with Gasteiger partial charge in [-0.15, -0.1) is 12.4 Å². The summed E-state index contributed by atoms with van der Waals surface area (Å²) in [6.45, 7) is 8.32. The molecular formula is C15H28ClN3O2. The van der Waals surface area contributed by atoms with Gasteiger partial charge in [-0.2, -0.15) is 0 Å². The zero-order valence-corrected chi connectivity index (χ0v) is 14.1. The lowest BCUT2D eigenvalue weighted by Gasteiger charge is -2.44. The summed E-state index contributed by atoms with van der Waals surface area (Å²) in [5, 5.41) is 0. The summed E-state index contributed by atoms with van der Waals surface area (Å²) in [7, 11) is 0. The fourth-order valence-corrected chi connectivity index (χ4v) is 3.30. The summed E-state index contributed by atoms with van der Waals surface area (Å²) in [5.41, 5.74) is 6.07. The molecule has 2 rings (SSSR count). The van der Waals surface area contributed by atoms with Crippen LogP contribution in [0.15, 0.2) is 0 Å². The lowest BCUT2D eigenvalue weighted by atomic mass is 9.79. The zero-order valence-electron chi connectivity index (χ0n) is 13.3. The molecule has 2 amide bonds. The van der Waals surface area contributed by atoms with E-state index in [-0.39, 0.29) is 41.7 Å². The minimum Gasteiger partial charge on any atom is -0.340 e. The van der Waals surface area contributed by atoms with Crippen molar-refractivity contribution in [1.29, 1.82) is 0 Å². The number of hydrogen-bond donors (Lipinski definition) is 1. The highest BCUT2D eigenvalue weighted by atomic mass is 35.5. The topological polar surface area (TPSA) is 66.6 Å². The van der Waals surface area contributed by atoms with E-state index in [0.29, 0.717) is 25.9 Å². The molecule has 0 aromatic carbocycles. The Kier molecular flexibility index (Phi) is 6.05. The van der Waals surface area contributed by atoms with Gasteiger partial charge < -0.3 is 15.5 Å². The van der Waals surface area contributed by atoms with Crippen LogP contribution in [0.25, 0.3) is 0 Å². The van der Waals surface area contributed by atoms with Crippen LogP contribution in [0.4, 0.5) is 0 Å². The predicted octanol–water partition coefficient (Wildman–Crippen LogP) is 1.39. The molecule has 21 heavy (non-hydrogen) atoms. The number of carbonyl (C=O) groups excluding carboxylic acids is 2. The van der Waals surface area contributed by atoms with Crippen molar-refractivity contribution in [3.8, 4) is 0 Å². The van der Waals surface area contributed by atoms with E-state index in [1.165, 1.54) is 0 Å². The van der Waals surface area contributed by atoms with Gasteiger partial charge in [0, 0.05) is 32.1 Å². The number of nitrogens with two attached hydrogens (primary N) is 1. The third kappa shape index (κ3) is 3.69. The lowest BCUT2D eigenvalue weighted by Crippen LogP contribution is -2.58. The second kappa shape index (κ2) is 6.97. The number of carbonyl (C=O) groups is 2. The molecule has 2 saturated heterocycles. The van der Waals surface area contributed by atoms with Crippen molar-refractivity contribution in [3.05, 3.63) is 0 Å². The van der Waals surface area contributed by atoms with Gasteiger partial charge in [0.15, 0.2) is 0 Å². The minimum absolute atomic E-state index is 0. The second-order valence-electron chi connectivity index (χ2n) is 6.76. The largest absolute Gasteiger partial charge is 0.340 e. The van der Waals surface area contributed by atoms with Crippen molar-refractivity contribution in [2.45, 2.75) is 58.5 Å². The van der Waals surface area contributed by atoms with Crippen molar-refractivity contribution in [1.82, 2.24) is 9.80 Å². The van der Waals surface area contributed by atoms with Gasteiger partial charge in [0.2, 0.25) is 11.8 Å². The highest BCUT2D eigenvalue weighted by molar-refractivity contribution is 5.88. The van der Waals surface area contributed by atoms with Gasteiger partial charge in [-0.05, 0) is 24.7 Å². The maximum absolute atomic E-state index is 12.7. The Bertz CT molecular complexity index is 400. The Balaban J connectivity index is 0.00000220. The predicted molar refractivity (Wildman–Crippen MR) is 85.2 cm³/mol. The summed E-state index contributed by atoms with van der Waals surface area (Å²) in [5.74, 6) is 0.223. The highest BCUT2D eigenvalue weighted by Crippen LogP contribution is 2.29. The number of nitrogens with zero attached hydrogens (tertiary/aromatic N) is 2. The molecule has 0 bridgehead atoms. The molecule has 2 aliphatic rings. The van der Waals surface area contributed by atoms with Crippen LogP contribution in [-0.2, 0) is 9.59 Å². The van der Waals surface area contributed by atoms with Crippen LogP contribution in [0.3, 0.4) is 0 Å². The second-order valence-corrected chi connectivity index (χ2v) is 6.76. The van der Waals surface area contributed by atoms with E-state index >= 15 is 0 Å². The first-order chi connectivity index (χ1) is 9.36. The minimum atomic E-state index is -0.282. The van der Waals surface area contributed by atoms with Gasteiger partial charge in [-0.3, -0.25) is 9.59 Å². The van der Waals surface area contributed by atoms with Crippen LogP contribution < -0.4 is 5.73 Å². The lowest BCUT2D eigenvalue weighted by molar-refractivity contribution is -0.146. The van der Waals surface area contributed by atoms with E-state index < -0.39 is 0 Å². The molecule has 2 unspecified atom stereocenters. The van der Waals surface area contributed by atoms with Crippen LogP contribution in [0.2, 0.25) is 0 Å². The van der Waals surface area contributed by atoms with E-state index in [2.05, 4.69) is 13.8 Å². The molecule has 2 N–H and O–H groups in total. The third-order valence-electron chi connectivity index (χ3n) is 4.78. The molecule has 2 aliphatic heterocycles. The summed E-state index contributed by atoms with van der Waals surface area (Å²) >= 11 is 0. The Morgan fingerprint density at radius 3 is 2.57 bits per heavy atom. The van der Waals surface area contributed by atoms with Crippen LogP contribution >= 0.6 is 12.4 Å². The quantitative estimate of drug-likeness (QED) is 0.855. The van der Waals surface area contributed by atoms with Gasteiger partial charge in [-0.1, -0.05) is 20.8 Å². The molecule has 2 fully saturated rings. The zero-order chi connectivity index (χ0) is 14.9. The van der Waals surface area contributed by atoms with E-state index in [1.807, 2.05) is 11.8 Å². The molecule has 0 aromatic heterocycles. The number of amides is 2. The van der Waals surface area contributed by atoms with E-state index in [0.717, 1.165) is 19.4 Å². The maximum atomic E-state index is 12.7. The monoisotopic (exact) mass is 317 g/mol. The van der Waals surface area contributed by atoms with Gasteiger partial charge in [0.25, 0.3) is 0 Å². The summed E-state index contributed by atoms with van der Waals surface area (Å²) in [4.78, 5) is 28.3. The van der Waals surface area contributed by atoms with Crippen molar-refractivity contribution in [2.24, 2.45) is 11.1 Å². The molecule has 2 atom stereocenters. The van der Waals surface area contributed by atoms with Gasteiger partial charge in [0.1, 0.15) is 6.04 Å². The average molecular weight is 318 g/mol. The first-order valence-electron chi connectivity index (χ1n) is 7.70. The van der Waals surface area contributed by atoms with Crippen molar-refractivity contribution in [2.75, 3.05) is 19.6 Å². The van der Waals surface area contributed by atoms with E-state index in [4.69, 9.17) is 5.73 Å². The van der Waals surface area contributed by atoms with Crippen molar-refractivity contribution in [3.63, 3.8) is 0 Å².